The van der Waals surface area contributed by atoms with Crippen molar-refractivity contribution in [1.82, 2.24) is 5.32 Å². The van der Waals surface area contributed by atoms with Gasteiger partial charge in [0, 0.05) is 27.9 Å². The largest absolute Gasteiger partial charge is 0.322 e. The first-order chi connectivity index (χ1) is 14.2. The normalized spacial score (nSPS) is 15.8. The van der Waals surface area contributed by atoms with E-state index in [0.717, 1.165) is 31.5 Å². The van der Waals surface area contributed by atoms with Crippen LogP contribution in [0, 0.1) is 19.8 Å². The van der Waals surface area contributed by atoms with E-state index in [4.69, 9.17) is 11.6 Å². The van der Waals surface area contributed by atoms with E-state index >= 15 is 0 Å². The van der Waals surface area contributed by atoms with Crippen LogP contribution < -0.4 is 10.6 Å². The first-order valence-electron chi connectivity index (χ1n) is 9.88. The van der Waals surface area contributed by atoms with E-state index in [0.29, 0.717) is 27.5 Å². The van der Waals surface area contributed by atoms with Gasteiger partial charge in [0.1, 0.15) is 0 Å². The van der Waals surface area contributed by atoms with Crippen LogP contribution >= 0.6 is 11.6 Å². The van der Waals surface area contributed by atoms with E-state index in [1.165, 1.54) is 6.07 Å². The molecule has 1 fully saturated rings. The SMILES string of the molecule is C/C(=N/S(=O)(=O)c1ccc(NC(=O)c2ccc(Cl)cc2C)c(C)c1)C1CCNCC1. The Bertz CT molecular complexity index is 1090. The monoisotopic (exact) mass is 447 g/mol. The molecule has 8 heteroatoms. The fourth-order valence-corrected chi connectivity index (χ4v) is 4.99. The van der Waals surface area contributed by atoms with Gasteiger partial charge >= 0.3 is 0 Å². The van der Waals surface area contributed by atoms with Crippen LogP contribution in [0.15, 0.2) is 45.7 Å². The molecular weight excluding hydrogens is 422 g/mol. The van der Waals surface area contributed by atoms with Crippen molar-refractivity contribution in [1.29, 1.82) is 0 Å². The lowest BCUT2D eigenvalue weighted by Gasteiger charge is -2.22. The summed E-state index contributed by atoms with van der Waals surface area (Å²) in [6, 6.07) is 9.67. The van der Waals surface area contributed by atoms with E-state index in [-0.39, 0.29) is 16.7 Å². The molecule has 6 nitrogen and oxygen atoms in total. The van der Waals surface area contributed by atoms with Gasteiger partial charge in [-0.25, -0.2) is 0 Å². The fourth-order valence-electron chi connectivity index (χ4n) is 3.56. The highest BCUT2D eigenvalue weighted by molar-refractivity contribution is 7.90. The maximum Gasteiger partial charge on any atom is 0.282 e. The lowest BCUT2D eigenvalue weighted by atomic mass is 9.94. The standard InChI is InChI=1S/C22H26ClN3O3S/c1-14-12-18(23)4-6-20(14)22(27)25-21-7-5-19(13-15(21)2)30(28,29)26-16(3)17-8-10-24-11-9-17/h4-7,12-13,17,24H,8-11H2,1-3H3,(H,25,27)/b26-16-. The molecule has 1 heterocycles. The number of hydrogen-bond acceptors (Lipinski definition) is 4. The molecular formula is C22H26ClN3O3S. The molecule has 1 aliphatic rings. The molecule has 1 amide bonds. The number of carbonyl (C=O) groups is 1. The van der Waals surface area contributed by atoms with Crippen LogP contribution in [0.4, 0.5) is 5.69 Å². The van der Waals surface area contributed by atoms with Crippen LogP contribution in [0.25, 0.3) is 0 Å². The van der Waals surface area contributed by atoms with Gasteiger partial charge in [-0.3, -0.25) is 4.79 Å². The maximum atomic E-state index is 12.8. The number of amides is 1. The second kappa shape index (κ2) is 9.29. The summed E-state index contributed by atoms with van der Waals surface area (Å²) < 4.78 is 29.6. The Morgan fingerprint density at radius 1 is 1.10 bits per heavy atom. The van der Waals surface area contributed by atoms with Crippen molar-refractivity contribution in [2.24, 2.45) is 10.3 Å². The minimum absolute atomic E-state index is 0.119. The predicted molar refractivity (Wildman–Crippen MR) is 121 cm³/mol. The average molecular weight is 448 g/mol. The quantitative estimate of drug-likeness (QED) is 0.666. The Morgan fingerprint density at radius 3 is 2.43 bits per heavy atom. The van der Waals surface area contributed by atoms with Crippen LogP contribution in [-0.2, 0) is 10.0 Å². The van der Waals surface area contributed by atoms with E-state index in [2.05, 4.69) is 15.0 Å². The van der Waals surface area contributed by atoms with Crippen molar-refractivity contribution in [3.05, 3.63) is 58.1 Å². The summed E-state index contributed by atoms with van der Waals surface area (Å²) in [4.78, 5) is 12.7. The Balaban J connectivity index is 1.79. The van der Waals surface area contributed by atoms with Gasteiger partial charge in [-0.05, 0) is 94.2 Å². The van der Waals surface area contributed by atoms with E-state index < -0.39 is 10.0 Å². The molecule has 2 aromatic rings. The number of aryl methyl sites for hydroxylation is 2. The summed E-state index contributed by atoms with van der Waals surface area (Å²) >= 11 is 5.95. The van der Waals surface area contributed by atoms with Gasteiger partial charge in [-0.1, -0.05) is 11.6 Å². The third-order valence-electron chi connectivity index (χ3n) is 5.37. The van der Waals surface area contributed by atoms with Crippen LogP contribution in [0.3, 0.4) is 0 Å². The number of hydrogen-bond donors (Lipinski definition) is 2. The summed E-state index contributed by atoms with van der Waals surface area (Å²) in [7, 11) is -3.80. The first-order valence-corrected chi connectivity index (χ1v) is 11.7. The molecule has 2 N–H and O–H groups in total. The molecule has 2 aromatic carbocycles. The topological polar surface area (TPSA) is 87.6 Å². The molecule has 1 aliphatic heterocycles. The van der Waals surface area contributed by atoms with Crippen LogP contribution in [0.2, 0.25) is 5.02 Å². The molecule has 160 valence electrons. The van der Waals surface area contributed by atoms with E-state index in [1.807, 2.05) is 6.92 Å². The Morgan fingerprint density at radius 2 is 1.80 bits per heavy atom. The van der Waals surface area contributed by atoms with Gasteiger partial charge in [0.25, 0.3) is 15.9 Å². The second-order valence-corrected chi connectivity index (χ2v) is 9.66. The van der Waals surface area contributed by atoms with Gasteiger partial charge in [-0.15, -0.1) is 0 Å². The van der Waals surface area contributed by atoms with Crippen LogP contribution in [-0.4, -0.2) is 33.1 Å². The van der Waals surface area contributed by atoms with E-state index in [1.54, 1.807) is 44.2 Å². The maximum absolute atomic E-state index is 12.8. The third kappa shape index (κ3) is 5.28. The predicted octanol–water partition coefficient (Wildman–Crippen LogP) is 4.36. The number of nitrogens with one attached hydrogen (secondary N) is 2. The van der Waals surface area contributed by atoms with Gasteiger partial charge in [0.2, 0.25) is 0 Å². The average Bonchev–Trinajstić information content (AvgIpc) is 2.69. The number of benzene rings is 2. The van der Waals surface area contributed by atoms with Crippen molar-refractivity contribution in [2.45, 2.75) is 38.5 Å². The van der Waals surface area contributed by atoms with Gasteiger partial charge in [-0.2, -0.15) is 12.8 Å². The van der Waals surface area contributed by atoms with Gasteiger partial charge in [0.15, 0.2) is 0 Å². The molecule has 0 radical (unpaired) electrons. The summed E-state index contributed by atoms with van der Waals surface area (Å²) in [5, 5.41) is 6.67. The summed E-state index contributed by atoms with van der Waals surface area (Å²) in [6.07, 6.45) is 1.78. The van der Waals surface area contributed by atoms with Gasteiger partial charge < -0.3 is 10.6 Å². The number of carbonyl (C=O) groups excluding carboxylic acids is 1. The third-order valence-corrected chi connectivity index (χ3v) is 6.98. The smallest absolute Gasteiger partial charge is 0.282 e. The lowest BCUT2D eigenvalue weighted by Crippen LogP contribution is -2.31. The van der Waals surface area contributed by atoms with Crippen molar-refractivity contribution in [3.8, 4) is 0 Å². The van der Waals surface area contributed by atoms with Crippen molar-refractivity contribution < 1.29 is 13.2 Å². The minimum atomic E-state index is -3.80. The fraction of sp³-hybridized carbons (Fsp3) is 0.364. The molecule has 30 heavy (non-hydrogen) atoms. The molecule has 0 aromatic heterocycles. The van der Waals surface area contributed by atoms with Crippen molar-refractivity contribution in [2.75, 3.05) is 18.4 Å². The highest BCUT2D eigenvalue weighted by Crippen LogP contribution is 2.24. The highest BCUT2D eigenvalue weighted by Gasteiger charge is 2.21. The van der Waals surface area contributed by atoms with Crippen LogP contribution in [0.5, 0.6) is 0 Å². The van der Waals surface area contributed by atoms with Crippen molar-refractivity contribution >= 4 is 38.9 Å². The number of anilines is 1. The zero-order valence-electron chi connectivity index (χ0n) is 17.3. The molecule has 3 rings (SSSR count). The van der Waals surface area contributed by atoms with Crippen LogP contribution in [0.1, 0.15) is 41.3 Å². The lowest BCUT2D eigenvalue weighted by molar-refractivity contribution is 0.102. The molecule has 1 saturated heterocycles. The summed E-state index contributed by atoms with van der Waals surface area (Å²) in [5.41, 5.74) is 3.11. The zero-order chi connectivity index (χ0) is 21.9. The Hall–Kier alpha value is -2.22. The number of nitrogens with zero attached hydrogens (tertiary/aromatic N) is 1. The zero-order valence-corrected chi connectivity index (χ0v) is 18.9. The Kier molecular flexibility index (Phi) is 6.95. The minimum Gasteiger partial charge on any atom is -0.322 e. The van der Waals surface area contributed by atoms with E-state index in [9.17, 15) is 13.2 Å². The molecule has 0 saturated carbocycles. The number of halogens is 1. The molecule has 0 bridgehead atoms. The molecule has 0 atom stereocenters. The van der Waals surface area contributed by atoms with Gasteiger partial charge in [0.05, 0.1) is 4.90 Å². The Labute approximate surface area is 182 Å². The molecule has 0 spiro atoms. The first kappa shape index (κ1) is 22.5. The summed E-state index contributed by atoms with van der Waals surface area (Å²) in [5.74, 6) is -0.0917. The number of rotatable bonds is 5. The van der Waals surface area contributed by atoms with Crippen molar-refractivity contribution in [3.63, 3.8) is 0 Å². The number of piperidine rings is 1. The molecule has 0 unspecified atom stereocenters. The number of sulfonamides is 1. The molecule has 0 aliphatic carbocycles. The highest BCUT2D eigenvalue weighted by atomic mass is 35.5. The second-order valence-electron chi connectivity index (χ2n) is 7.62. The summed E-state index contributed by atoms with van der Waals surface area (Å²) in [6.45, 7) is 7.10.